The van der Waals surface area contributed by atoms with Crippen LogP contribution in [0.2, 0.25) is 0 Å². The minimum absolute atomic E-state index is 0.156. The van der Waals surface area contributed by atoms with Gasteiger partial charge in [-0.05, 0) is 31.9 Å². The summed E-state index contributed by atoms with van der Waals surface area (Å²) in [6.45, 7) is 10.2. The monoisotopic (exact) mass is 316 g/mol. The molecule has 23 heavy (non-hydrogen) atoms. The van der Waals surface area contributed by atoms with E-state index in [-0.39, 0.29) is 11.4 Å². The van der Waals surface area contributed by atoms with Crippen molar-refractivity contribution >= 4 is 11.6 Å². The van der Waals surface area contributed by atoms with Gasteiger partial charge in [0, 0.05) is 50.5 Å². The zero-order chi connectivity index (χ0) is 16.4. The fraction of sp³-hybridized carbons (Fsp3) is 0.611. The highest BCUT2D eigenvalue weighted by Gasteiger charge is 2.27. The lowest BCUT2D eigenvalue weighted by atomic mass is 10.1. The van der Waals surface area contributed by atoms with Crippen molar-refractivity contribution < 1.29 is 4.79 Å². The molecule has 2 heterocycles. The highest BCUT2D eigenvalue weighted by molar-refractivity contribution is 5.96. The van der Waals surface area contributed by atoms with Crippen molar-refractivity contribution in [3.8, 4) is 0 Å². The van der Waals surface area contributed by atoms with E-state index in [1.165, 1.54) is 5.56 Å². The molecule has 0 saturated carbocycles. The average molecular weight is 316 g/mol. The number of benzene rings is 1. The van der Waals surface area contributed by atoms with E-state index in [2.05, 4.69) is 35.8 Å². The van der Waals surface area contributed by atoms with Crippen molar-refractivity contribution in [1.82, 2.24) is 9.80 Å². The van der Waals surface area contributed by atoms with Crippen LogP contribution in [0.25, 0.3) is 0 Å². The van der Waals surface area contributed by atoms with Gasteiger partial charge in [0.1, 0.15) is 0 Å². The lowest BCUT2D eigenvalue weighted by Crippen LogP contribution is -2.54. The number of rotatable bonds is 4. The number of amides is 1. The molecule has 0 aliphatic carbocycles. The van der Waals surface area contributed by atoms with Gasteiger partial charge in [0.25, 0.3) is 0 Å². The Kier molecular flexibility index (Phi) is 4.71. The summed E-state index contributed by atoms with van der Waals surface area (Å²) >= 11 is 0. The molecule has 2 aliphatic heterocycles. The standard InChI is InChI=1S/C18H28N4O/c1-18(2,19)14-21-11-9-20(10-12-21)13-17(23)22-8-7-15-5-3-4-6-16(15)22/h3-6H,7-14,19H2,1-2H3. The number of hydrogen-bond acceptors (Lipinski definition) is 4. The van der Waals surface area contributed by atoms with Crippen LogP contribution in [0, 0.1) is 0 Å². The molecule has 0 bridgehead atoms. The molecule has 1 fully saturated rings. The summed E-state index contributed by atoms with van der Waals surface area (Å²) in [5, 5.41) is 0. The van der Waals surface area contributed by atoms with Crippen LogP contribution in [0.5, 0.6) is 0 Å². The van der Waals surface area contributed by atoms with E-state index in [0.717, 1.165) is 51.4 Å². The van der Waals surface area contributed by atoms with Gasteiger partial charge in [0.15, 0.2) is 0 Å². The predicted octanol–water partition coefficient (Wildman–Crippen LogP) is 0.931. The van der Waals surface area contributed by atoms with Gasteiger partial charge in [-0.2, -0.15) is 0 Å². The molecule has 0 aromatic heterocycles. The Hall–Kier alpha value is -1.43. The second kappa shape index (κ2) is 6.59. The van der Waals surface area contributed by atoms with Crippen molar-refractivity contribution in [2.75, 3.05) is 50.7 Å². The molecule has 1 amide bonds. The first-order chi connectivity index (χ1) is 10.9. The maximum absolute atomic E-state index is 12.6. The molecule has 5 heteroatoms. The van der Waals surface area contributed by atoms with Crippen LogP contribution in [0.15, 0.2) is 24.3 Å². The predicted molar refractivity (Wildman–Crippen MR) is 93.6 cm³/mol. The summed E-state index contributed by atoms with van der Waals surface area (Å²) in [6.07, 6.45) is 0.973. The van der Waals surface area contributed by atoms with Crippen molar-refractivity contribution in [3.05, 3.63) is 29.8 Å². The third-order valence-corrected chi connectivity index (χ3v) is 4.64. The molecule has 1 aromatic carbocycles. The summed E-state index contributed by atoms with van der Waals surface area (Å²) in [7, 11) is 0. The average Bonchev–Trinajstić information content (AvgIpc) is 2.92. The third-order valence-electron chi connectivity index (χ3n) is 4.64. The van der Waals surface area contributed by atoms with Crippen molar-refractivity contribution in [3.63, 3.8) is 0 Å². The molecule has 1 saturated heterocycles. The van der Waals surface area contributed by atoms with Gasteiger partial charge in [-0.25, -0.2) is 0 Å². The summed E-state index contributed by atoms with van der Waals surface area (Å²) in [6, 6.07) is 8.24. The molecule has 1 aromatic rings. The fourth-order valence-electron chi connectivity index (χ4n) is 3.56. The van der Waals surface area contributed by atoms with Gasteiger partial charge < -0.3 is 10.6 Å². The number of fused-ring (bicyclic) bond motifs is 1. The number of anilines is 1. The Morgan fingerprint density at radius 1 is 1.09 bits per heavy atom. The minimum Gasteiger partial charge on any atom is -0.324 e. The van der Waals surface area contributed by atoms with Crippen LogP contribution in [0.3, 0.4) is 0 Å². The Morgan fingerprint density at radius 2 is 1.74 bits per heavy atom. The highest BCUT2D eigenvalue weighted by atomic mass is 16.2. The smallest absolute Gasteiger partial charge is 0.241 e. The molecule has 2 aliphatic rings. The van der Waals surface area contributed by atoms with Gasteiger partial charge in [0.05, 0.1) is 6.54 Å². The minimum atomic E-state index is -0.156. The van der Waals surface area contributed by atoms with Crippen LogP contribution in [0.4, 0.5) is 5.69 Å². The van der Waals surface area contributed by atoms with Crippen LogP contribution < -0.4 is 10.6 Å². The highest BCUT2D eigenvalue weighted by Crippen LogP contribution is 2.27. The molecule has 0 spiro atoms. The topological polar surface area (TPSA) is 52.8 Å². The summed E-state index contributed by atoms with van der Waals surface area (Å²) in [5.74, 6) is 0.225. The molecule has 0 unspecified atom stereocenters. The number of carbonyl (C=O) groups excluding carboxylic acids is 1. The zero-order valence-corrected chi connectivity index (χ0v) is 14.3. The van der Waals surface area contributed by atoms with E-state index >= 15 is 0 Å². The first-order valence-electron chi connectivity index (χ1n) is 8.54. The maximum atomic E-state index is 12.6. The Morgan fingerprint density at radius 3 is 2.43 bits per heavy atom. The van der Waals surface area contributed by atoms with Gasteiger partial charge in [-0.1, -0.05) is 18.2 Å². The fourth-order valence-corrected chi connectivity index (χ4v) is 3.56. The van der Waals surface area contributed by atoms with Crippen molar-refractivity contribution in [1.29, 1.82) is 0 Å². The second-order valence-electron chi connectivity index (χ2n) is 7.46. The lowest BCUT2D eigenvalue weighted by Gasteiger charge is -2.37. The second-order valence-corrected chi connectivity index (χ2v) is 7.46. The van der Waals surface area contributed by atoms with Crippen molar-refractivity contribution in [2.24, 2.45) is 5.73 Å². The van der Waals surface area contributed by atoms with E-state index in [0.29, 0.717) is 6.54 Å². The molecule has 126 valence electrons. The molecule has 0 radical (unpaired) electrons. The SMILES string of the molecule is CC(C)(N)CN1CCN(CC(=O)N2CCc3ccccc32)CC1. The number of hydrogen-bond donors (Lipinski definition) is 1. The third kappa shape index (κ3) is 4.10. The lowest BCUT2D eigenvalue weighted by molar-refractivity contribution is -0.120. The Balaban J connectivity index is 1.51. The van der Waals surface area contributed by atoms with Crippen LogP contribution in [0.1, 0.15) is 19.4 Å². The summed E-state index contributed by atoms with van der Waals surface area (Å²) in [5.41, 5.74) is 8.32. The van der Waals surface area contributed by atoms with E-state index in [9.17, 15) is 4.79 Å². The van der Waals surface area contributed by atoms with E-state index in [1.54, 1.807) is 0 Å². The van der Waals surface area contributed by atoms with E-state index < -0.39 is 0 Å². The summed E-state index contributed by atoms with van der Waals surface area (Å²) < 4.78 is 0. The first kappa shape index (κ1) is 16.4. The number of para-hydroxylation sites is 1. The van der Waals surface area contributed by atoms with Crippen LogP contribution in [-0.4, -0.2) is 67.1 Å². The van der Waals surface area contributed by atoms with Gasteiger partial charge in [-0.15, -0.1) is 0 Å². The van der Waals surface area contributed by atoms with Crippen molar-refractivity contribution in [2.45, 2.75) is 25.8 Å². The Bertz CT molecular complexity index is 558. The van der Waals surface area contributed by atoms with E-state index in [1.807, 2.05) is 17.0 Å². The van der Waals surface area contributed by atoms with E-state index in [4.69, 9.17) is 5.73 Å². The number of nitrogens with two attached hydrogens (primary N) is 1. The normalized spacial score (nSPS) is 19.9. The molecule has 0 atom stereocenters. The molecule has 3 rings (SSSR count). The van der Waals surface area contributed by atoms with Gasteiger partial charge in [0.2, 0.25) is 5.91 Å². The molecule has 5 nitrogen and oxygen atoms in total. The maximum Gasteiger partial charge on any atom is 0.241 e. The first-order valence-corrected chi connectivity index (χ1v) is 8.54. The van der Waals surface area contributed by atoms with Crippen LogP contribution in [-0.2, 0) is 11.2 Å². The summed E-state index contributed by atoms with van der Waals surface area (Å²) in [4.78, 5) is 19.2. The molecular weight excluding hydrogens is 288 g/mol. The Labute approximate surface area is 139 Å². The quantitative estimate of drug-likeness (QED) is 0.898. The number of piperazine rings is 1. The molecule has 2 N–H and O–H groups in total. The zero-order valence-electron chi connectivity index (χ0n) is 14.3. The van der Waals surface area contributed by atoms with Crippen LogP contribution >= 0.6 is 0 Å². The molecular formula is C18H28N4O. The number of carbonyl (C=O) groups is 1. The largest absolute Gasteiger partial charge is 0.324 e. The number of nitrogens with zero attached hydrogens (tertiary/aromatic N) is 3. The van der Waals surface area contributed by atoms with Gasteiger partial charge in [-0.3, -0.25) is 14.6 Å². The van der Waals surface area contributed by atoms with Gasteiger partial charge >= 0.3 is 0 Å².